The van der Waals surface area contributed by atoms with Gasteiger partial charge in [-0.05, 0) is 51.3 Å². The van der Waals surface area contributed by atoms with Crippen molar-refractivity contribution >= 4 is 21.4 Å². The number of carbonyl (C=O) groups excluding carboxylic acids is 1. The van der Waals surface area contributed by atoms with Crippen LogP contribution in [0.1, 0.15) is 67.5 Å². The SMILES string of the molecule is Cc1nn(C)c(C)c1C(C)C(=O)Nc1cccc(CS(=O)(=O)C2CCCCC2)c1. The first-order valence-corrected chi connectivity index (χ1v) is 12.0. The van der Waals surface area contributed by atoms with Gasteiger partial charge in [-0.3, -0.25) is 9.48 Å². The van der Waals surface area contributed by atoms with E-state index in [4.69, 9.17) is 0 Å². The molecule has 1 amide bonds. The molecule has 7 heteroatoms. The first-order valence-electron chi connectivity index (χ1n) is 10.3. The number of nitrogens with one attached hydrogen (secondary N) is 1. The summed E-state index contributed by atoms with van der Waals surface area (Å²) >= 11 is 0. The van der Waals surface area contributed by atoms with Crippen molar-refractivity contribution in [1.82, 2.24) is 9.78 Å². The average molecular weight is 418 g/mol. The molecule has 1 fully saturated rings. The zero-order chi connectivity index (χ0) is 21.2. The average Bonchev–Trinajstić information content (AvgIpc) is 2.93. The molecule has 1 aromatic heterocycles. The second-order valence-electron chi connectivity index (χ2n) is 8.19. The van der Waals surface area contributed by atoms with E-state index < -0.39 is 9.84 Å². The van der Waals surface area contributed by atoms with E-state index in [2.05, 4.69) is 10.4 Å². The normalized spacial score (nSPS) is 16.6. The highest BCUT2D eigenvalue weighted by Crippen LogP contribution is 2.27. The van der Waals surface area contributed by atoms with Gasteiger partial charge in [0.15, 0.2) is 9.84 Å². The predicted molar refractivity (Wildman–Crippen MR) is 116 cm³/mol. The molecule has 6 nitrogen and oxygen atoms in total. The summed E-state index contributed by atoms with van der Waals surface area (Å²) in [4.78, 5) is 12.8. The van der Waals surface area contributed by atoms with Crippen LogP contribution in [0.3, 0.4) is 0 Å². The molecule has 1 unspecified atom stereocenters. The molecule has 0 radical (unpaired) electrons. The van der Waals surface area contributed by atoms with Gasteiger partial charge in [-0.25, -0.2) is 8.42 Å². The molecule has 1 aromatic carbocycles. The van der Waals surface area contributed by atoms with E-state index >= 15 is 0 Å². The lowest BCUT2D eigenvalue weighted by Crippen LogP contribution is -2.25. The minimum absolute atomic E-state index is 0.0255. The van der Waals surface area contributed by atoms with Gasteiger partial charge in [0, 0.05) is 24.0 Å². The van der Waals surface area contributed by atoms with Crippen molar-refractivity contribution < 1.29 is 13.2 Å². The van der Waals surface area contributed by atoms with Crippen LogP contribution in [0, 0.1) is 13.8 Å². The second-order valence-corrected chi connectivity index (χ2v) is 10.5. The van der Waals surface area contributed by atoms with Crippen molar-refractivity contribution in [2.75, 3.05) is 5.32 Å². The van der Waals surface area contributed by atoms with E-state index in [1.807, 2.05) is 33.9 Å². The van der Waals surface area contributed by atoms with Crippen LogP contribution in [0.25, 0.3) is 0 Å². The van der Waals surface area contributed by atoms with Crippen LogP contribution in [0.2, 0.25) is 0 Å². The summed E-state index contributed by atoms with van der Waals surface area (Å²) in [6, 6.07) is 7.18. The largest absolute Gasteiger partial charge is 0.326 e. The molecule has 0 bridgehead atoms. The van der Waals surface area contributed by atoms with Gasteiger partial charge in [0.25, 0.3) is 0 Å². The molecule has 2 aromatic rings. The fourth-order valence-electron chi connectivity index (χ4n) is 4.31. The number of hydrogen-bond donors (Lipinski definition) is 1. The smallest absolute Gasteiger partial charge is 0.231 e. The van der Waals surface area contributed by atoms with E-state index in [1.54, 1.807) is 22.9 Å². The Morgan fingerprint density at radius 1 is 1.24 bits per heavy atom. The van der Waals surface area contributed by atoms with Gasteiger partial charge in [0.05, 0.1) is 22.6 Å². The van der Waals surface area contributed by atoms with Gasteiger partial charge in [-0.2, -0.15) is 5.10 Å². The Labute approximate surface area is 173 Å². The molecule has 29 heavy (non-hydrogen) atoms. The van der Waals surface area contributed by atoms with Gasteiger partial charge in [0.1, 0.15) is 0 Å². The third-order valence-electron chi connectivity index (χ3n) is 6.01. The van der Waals surface area contributed by atoms with Gasteiger partial charge in [-0.1, -0.05) is 31.4 Å². The number of amides is 1. The molecule has 1 saturated carbocycles. The van der Waals surface area contributed by atoms with E-state index in [1.165, 1.54) is 0 Å². The number of aromatic nitrogens is 2. The minimum Gasteiger partial charge on any atom is -0.326 e. The Bertz CT molecular complexity index is 989. The van der Waals surface area contributed by atoms with E-state index in [0.717, 1.165) is 54.6 Å². The molecule has 1 N–H and O–H groups in total. The zero-order valence-corrected chi connectivity index (χ0v) is 18.6. The summed E-state index contributed by atoms with van der Waals surface area (Å²) in [7, 11) is -1.31. The molecule has 1 atom stereocenters. The summed E-state index contributed by atoms with van der Waals surface area (Å²) in [6.45, 7) is 5.72. The van der Waals surface area contributed by atoms with E-state index in [9.17, 15) is 13.2 Å². The summed E-state index contributed by atoms with van der Waals surface area (Å²) in [5.41, 5.74) is 4.09. The van der Waals surface area contributed by atoms with Crippen molar-refractivity contribution in [1.29, 1.82) is 0 Å². The minimum atomic E-state index is -3.17. The van der Waals surface area contributed by atoms with Crippen molar-refractivity contribution in [3.05, 3.63) is 46.8 Å². The Hall–Kier alpha value is -2.15. The maximum absolute atomic E-state index is 12.8. The monoisotopic (exact) mass is 417 g/mol. The maximum atomic E-state index is 12.8. The number of nitrogens with zero attached hydrogens (tertiary/aromatic N) is 2. The van der Waals surface area contributed by atoms with Crippen LogP contribution in [-0.2, 0) is 27.4 Å². The topological polar surface area (TPSA) is 81.1 Å². The second kappa shape index (κ2) is 8.69. The van der Waals surface area contributed by atoms with Crippen LogP contribution >= 0.6 is 0 Å². The maximum Gasteiger partial charge on any atom is 0.231 e. The Balaban J connectivity index is 1.71. The van der Waals surface area contributed by atoms with Crippen LogP contribution in [-0.4, -0.2) is 29.4 Å². The highest BCUT2D eigenvalue weighted by Gasteiger charge is 2.27. The summed E-state index contributed by atoms with van der Waals surface area (Å²) in [5.74, 6) is -0.451. The zero-order valence-electron chi connectivity index (χ0n) is 17.7. The fraction of sp³-hybridized carbons (Fsp3) is 0.545. The molecule has 0 aliphatic heterocycles. The van der Waals surface area contributed by atoms with Crippen molar-refractivity contribution in [3.8, 4) is 0 Å². The molecule has 3 rings (SSSR count). The highest BCUT2D eigenvalue weighted by atomic mass is 32.2. The van der Waals surface area contributed by atoms with E-state index in [0.29, 0.717) is 5.69 Å². The van der Waals surface area contributed by atoms with Gasteiger partial charge >= 0.3 is 0 Å². The Kier molecular flexibility index (Phi) is 6.46. The molecular weight excluding hydrogens is 386 g/mol. The molecule has 158 valence electrons. The van der Waals surface area contributed by atoms with E-state index in [-0.39, 0.29) is 22.8 Å². The molecule has 1 heterocycles. The predicted octanol–water partition coefficient (Wildman–Crippen LogP) is 4.03. The third kappa shape index (κ3) is 4.89. The van der Waals surface area contributed by atoms with Gasteiger partial charge < -0.3 is 5.32 Å². The number of anilines is 1. The fourth-order valence-corrected chi connectivity index (χ4v) is 6.24. The van der Waals surface area contributed by atoms with Gasteiger partial charge in [0.2, 0.25) is 5.91 Å². The number of aryl methyl sites for hydroxylation is 2. The lowest BCUT2D eigenvalue weighted by Gasteiger charge is -2.22. The molecule has 0 saturated heterocycles. The van der Waals surface area contributed by atoms with Crippen molar-refractivity contribution in [2.24, 2.45) is 7.05 Å². The third-order valence-corrected chi connectivity index (χ3v) is 8.24. The molecule has 1 aliphatic rings. The lowest BCUT2D eigenvalue weighted by atomic mass is 9.98. The number of carbonyl (C=O) groups is 1. The number of benzene rings is 1. The van der Waals surface area contributed by atoms with Gasteiger partial charge in [-0.15, -0.1) is 0 Å². The number of hydrogen-bond acceptors (Lipinski definition) is 4. The number of sulfone groups is 1. The summed E-state index contributed by atoms with van der Waals surface area (Å²) in [5, 5.41) is 7.10. The van der Waals surface area contributed by atoms with Crippen LogP contribution in [0.15, 0.2) is 24.3 Å². The quantitative estimate of drug-likeness (QED) is 0.769. The highest BCUT2D eigenvalue weighted by molar-refractivity contribution is 7.91. The number of rotatable bonds is 6. The van der Waals surface area contributed by atoms with Crippen molar-refractivity contribution in [3.63, 3.8) is 0 Å². The van der Waals surface area contributed by atoms with Crippen LogP contribution < -0.4 is 5.32 Å². The molecule has 0 spiro atoms. The van der Waals surface area contributed by atoms with Crippen molar-refractivity contribution in [2.45, 2.75) is 69.8 Å². The van der Waals surface area contributed by atoms with Crippen LogP contribution in [0.5, 0.6) is 0 Å². The lowest BCUT2D eigenvalue weighted by molar-refractivity contribution is -0.117. The molecule has 1 aliphatic carbocycles. The first-order chi connectivity index (χ1) is 13.7. The standard InChI is InChI=1S/C22H31N3O3S/c1-15(21-16(2)24-25(4)17(21)3)22(26)23-19-10-8-9-18(13-19)14-29(27,28)20-11-6-5-7-12-20/h8-10,13,15,20H,5-7,11-12,14H2,1-4H3,(H,23,26). The summed E-state index contributed by atoms with van der Waals surface area (Å²) in [6.07, 6.45) is 4.64. The first kappa shape index (κ1) is 21.6. The Morgan fingerprint density at radius 3 is 2.55 bits per heavy atom. The summed E-state index contributed by atoms with van der Waals surface area (Å²) < 4.78 is 27.3. The Morgan fingerprint density at radius 2 is 1.93 bits per heavy atom. The molecular formula is C22H31N3O3S. The van der Waals surface area contributed by atoms with Crippen LogP contribution in [0.4, 0.5) is 5.69 Å².